The minimum Gasteiger partial charge on any atom is -0.401 e. The first-order valence-electron chi connectivity index (χ1n) is 6.28. The van der Waals surface area contributed by atoms with Crippen LogP contribution in [0.15, 0.2) is 27.7 Å². The lowest BCUT2D eigenvalue weighted by Gasteiger charge is -2.12. The molecule has 1 aliphatic rings. The lowest BCUT2D eigenvalue weighted by atomic mass is 10.4. The van der Waals surface area contributed by atoms with E-state index in [0.717, 1.165) is 9.91 Å². The van der Waals surface area contributed by atoms with Crippen molar-refractivity contribution in [3.05, 3.63) is 34.1 Å². The predicted molar refractivity (Wildman–Crippen MR) is 76.2 cm³/mol. The van der Waals surface area contributed by atoms with E-state index in [1.54, 1.807) is 0 Å². The number of imide groups is 1. The van der Waals surface area contributed by atoms with Gasteiger partial charge in [-0.25, -0.2) is 19.5 Å². The van der Waals surface area contributed by atoms with Crippen LogP contribution in [-0.4, -0.2) is 53.2 Å². The van der Waals surface area contributed by atoms with Crippen LogP contribution in [0.25, 0.3) is 6.08 Å². The highest BCUT2D eigenvalue weighted by Gasteiger charge is 2.32. The van der Waals surface area contributed by atoms with E-state index in [0.29, 0.717) is 6.54 Å². The number of carbonyl (C=O) groups is 2. The topological polar surface area (TPSA) is 121 Å². The molecule has 0 aliphatic carbocycles. The molecule has 0 aromatic carbocycles. The summed E-state index contributed by atoms with van der Waals surface area (Å²) in [6, 6.07) is 1.68. The zero-order valence-corrected chi connectivity index (χ0v) is 11.6. The highest BCUT2D eigenvalue weighted by molar-refractivity contribution is 5.95. The number of amides is 4. The fourth-order valence-electron chi connectivity index (χ4n) is 1.74. The minimum atomic E-state index is -0.637. The smallest absolute Gasteiger partial charge is 0.401 e. The molecule has 1 aromatic rings. The van der Waals surface area contributed by atoms with Crippen LogP contribution in [0.3, 0.4) is 0 Å². The molecule has 0 radical (unpaired) electrons. The molecular weight excluding hydrogens is 294 g/mol. The lowest BCUT2D eigenvalue weighted by molar-refractivity contribution is -0.402. The van der Waals surface area contributed by atoms with E-state index in [9.17, 15) is 19.7 Å². The third-order valence-electron chi connectivity index (χ3n) is 2.79. The van der Waals surface area contributed by atoms with Gasteiger partial charge >= 0.3 is 17.9 Å². The van der Waals surface area contributed by atoms with Crippen molar-refractivity contribution in [1.29, 1.82) is 0 Å². The van der Waals surface area contributed by atoms with Crippen molar-refractivity contribution in [3.63, 3.8) is 0 Å². The first-order valence-corrected chi connectivity index (χ1v) is 6.28. The Morgan fingerprint density at radius 2 is 2.27 bits per heavy atom. The third kappa shape index (κ3) is 3.29. The number of allylic oxidation sites excluding steroid dienone is 1. The van der Waals surface area contributed by atoms with Crippen molar-refractivity contribution in [2.75, 3.05) is 20.1 Å². The average molecular weight is 307 g/mol. The zero-order chi connectivity index (χ0) is 16.1. The van der Waals surface area contributed by atoms with E-state index in [1.165, 1.54) is 37.5 Å². The third-order valence-corrected chi connectivity index (χ3v) is 2.79. The highest BCUT2D eigenvalue weighted by atomic mass is 16.6. The van der Waals surface area contributed by atoms with Crippen LogP contribution in [0.4, 0.5) is 15.5 Å². The minimum absolute atomic E-state index is 0.254. The van der Waals surface area contributed by atoms with Crippen LogP contribution in [-0.2, 0) is 0 Å². The molecule has 0 spiro atoms. The van der Waals surface area contributed by atoms with Crippen LogP contribution in [0, 0.1) is 10.1 Å². The number of nitrogens with one attached hydrogen (secondary N) is 1. The second kappa shape index (κ2) is 6.52. The van der Waals surface area contributed by atoms with Crippen LogP contribution in [0.5, 0.6) is 0 Å². The van der Waals surface area contributed by atoms with Gasteiger partial charge in [-0.15, -0.1) is 0 Å². The highest BCUT2D eigenvalue weighted by Crippen LogP contribution is 2.16. The Labute approximate surface area is 124 Å². The van der Waals surface area contributed by atoms with Gasteiger partial charge < -0.3 is 9.73 Å². The molecule has 4 amide bonds. The molecule has 0 saturated carbocycles. The summed E-state index contributed by atoms with van der Waals surface area (Å²) in [6.45, 7) is 0.548. The summed E-state index contributed by atoms with van der Waals surface area (Å²) in [5, 5.41) is 17.9. The fourth-order valence-corrected chi connectivity index (χ4v) is 1.74. The molecule has 0 atom stereocenters. The lowest BCUT2D eigenvalue weighted by Crippen LogP contribution is -2.40. The number of hydrazone groups is 1. The second-order valence-corrected chi connectivity index (χ2v) is 4.17. The summed E-state index contributed by atoms with van der Waals surface area (Å²) in [7, 11) is 1.44. The monoisotopic (exact) mass is 307 g/mol. The summed E-state index contributed by atoms with van der Waals surface area (Å²) >= 11 is 0. The van der Waals surface area contributed by atoms with Gasteiger partial charge in [0.05, 0.1) is 19.2 Å². The van der Waals surface area contributed by atoms with E-state index < -0.39 is 17.0 Å². The summed E-state index contributed by atoms with van der Waals surface area (Å²) in [6.07, 6.45) is 4.27. The molecule has 1 aromatic heterocycles. The van der Waals surface area contributed by atoms with Gasteiger partial charge in [-0.2, -0.15) is 5.10 Å². The number of hydrogen-bond acceptors (Lipinski definition) is 6. The zero-order valence-electron chi connectivity index (χ0n) is 11.6. The molecule has 10 heteroatoms. The Hall–Kier alpha value is -3.17. The van der Waals surface area contributed by atoms with Crippen molar-refractivity contribution >= 4 is 30.2 Å². The molecule has 1 N–H and O–H groups in total. The SMILES string of the molecule is CNC(=O)N1CCN(N=C/C=C\c2ccc([N+](=O)[O-])o2)C1=O. The molecule has 0 unspecified atom stereocenters. The van der Waals surface area contributed by atoms with Gasteiger partial charge in [-0.3, -0.25) is 10.1 Å². The summed E-state index contributed by atoms with van der Waals surface area (Å²) < 4.78 is 4.91. The van der Waals surface area contributed by atoms with Gasteiger partial charge in [0.1, 0.15) is 10.7 Å². The molecule has 116 valence electrons. The van der Waals surface area contributed by atoms with Crippen molar-refractivity contribution in [2.24, 2.45) is 5.10 Å². The Kier molecular flexibility index (Phi) is 4.51. The van der Waals surface area contributed by atoms with E-state index >= 15 is 0 Å². The molecule has 1 fully saturated rings. The van der Waals surface area contributed by atoms with Crippen molar-refractivity contribution in [1.82, 2.24) is 15.2 Å². The Morgan fingerprint density at radius 3 is 2.91 bits per heavy atom. The van der Waals surface area contributed by atoms with Gasteiger partial charge in [0, 0.05) is 13.3 Å². The molecule has 1 aliphatic heterocycles. The summed E-state index contributed by atoms with van der Waals surface area (Å²) in [5.41, 5.74) is 0. The number of nitrogens with zero attached hydrogens (tertiary/aromatic N) is 4. The van der Waals surface area contributed by atoms with Gasteiger partial charge in [-0.05, 0) is 18.2 Å². The summed E-state index contributed by atoms with van der Waals surface area (Å²) in [5.74, 6) is -0.0644. The van der Waals surface area contributed by atoms with Crippen molar-refractivity contribution < 1.29 is 18.9 Å². The molecule has 1 saturated heterocycles. The fraction of sp³-hybridized carbons (Fsp3) is 0.250. The quantitative estimate of drug-likeness (QED) is 0.510. The van der Waals surface area contributed by atoms with Gasteiger partial charge in [0.2, 0.25) is 0 Å². The van der Waals surface area contributed by atoms with Gasteiger partial charge in [-0.1, -0.05) is 0 Å². The van der Waals surface area contributed by atoms with Crippen LogP contribution >= 0.6 is 0 Å². The molecule has 2 rings (SSSR count). The van der Waals surface area contributed by atoms with E-state index in [2.05, 4.69) is 10.4 Å². The molecule has 0 bridgehead atoms. The maximum atomic E-state index is 11.8. The second-order valence-electron chi connectivity index (χ2n) is 4.17. The Morgan fingerprint density at radius 1 is 1.50 bits per heavy atom. The van der Waals surface area contributed by atoms with Crippen molar-refractivity contribution in [3.8, 4) is 0 Å². The number of rotatable bonds is 4. The summed E-state index contributed by atoms with van der Waals surface area (Å²) in [4.78, 5) is 34.0. The van der Waals surface area contributed by atoms with E-state index in [1.807, 2.05) is 0 Å². The Balaban J connectivity index is 1.92. The molecular formula is C12H13N5O5. The average Bonchev–Trinajstić information content (AvgIpc) is 3.10. The van der Waals surface area contributed by atoms with E-state index in [-0.39, 0.29) is 18.2 Å². The Bertz CT molecular complexity index is 650. The van der Waals surface area contributed by atoms with Crippen LogP contribution in [0.1, 0.15) is 5.76 Å². The number of hydrogen-bond donors (Lipinski definition) is 1. The predicted octanol–water partition coefficient (Wildman–Crippen LogP) is 1.26. The maximum absolute atomic E-state index is 11.8. The van der Waals surface area contributed by atoms with E-state index in [4.69, 9.17) is 4.42 Å². The number of nitro groups is 1. The first kappa shape index (κ1) is 15.2. The van der Waals surface area contributed by atoms with Gasteiger partial charge in [0.25, 0.3) is 0 Å². The number of furan rings is 1. The normalized spacial score (nSPS) is 15.2. The standard InChI is InChI=1S/C12H13N5O5/c1-13-11(18)15-7-8-16(12(15)19)14-6-2-3-9-4-5-10(22-9)17(20)21/h2-6H,7-8H2,1H3,(H,13,18)/b3-2-,14-6?. The number of urea groups is 2. The number of carbonyl (C=O) groups excluding carboxylic acids is 2. The molecule has 22 heavy (non-hydrogen) atoms. The molecule has 10 nitrogen and oxygen atoms in total. The molecule has 2 heterocycles. The van der Waals surface area contributed by atoms with Crippen molar-refractivity contribution in [2.45, 2.75) is 0 Å². The van der Waals surface area contributed by atoms with Crippen LogP contribution < -0.4 is 5.32 Å². The maximum Gasteiger partial charge on any atom is 0.433 e. The largest absolute Gasteiger partial charge is 0.433 e. The first-order chi connectivity index (χ1) is 10.5. The van der Waals surface area contributed by atoms with Gasteiger partial charge in [0.15, 0.2) is 0 Å². The van der Waals surface area contributed by atoms with Crippen LogP contribution in [0.2, 0.25) is 0 Å².